The van der Waals surface area contributed by atoms with Gasteiger partial charge < -0.3 is 19.8 Å². The summed E-state index contributed by atoms with van der Waals surface area (Å²) in [5.41, 5.74) is 2.19. The van der Waals surface area contributed by atoms with Gasteiger partial charge in [0.25, 0.3) is 5.91 Å². The van der Waals surface area contributed by atoms with E-state index in [1.54, 1.807) is 41.4 Å². The minimum Gasteiger partial charge on any atom is -0.478 e. The van der Waals surface area contributed by atoms with Crippen LogP contribution in [0.5, 0.6) is 5.88 Å². The molecule has 0 aliphatic carbocycles. The lowest BCUT2D eigenvalue weighted by Gasteiger charge is -2.37. The monoisotopic (exact) mass is 508 g/mol. The van der Waals surface area contributed by atoms with E-state index in [0.29, 0.717) is 37.3 Å². The number of pyridine rings is 1. The van der Waals surface area contributed by atoms with Gasteiger partial charge in [-0.05, 0) is 51.8 Å². The highest BCUT2D eigenvalue weighted by Crippen LogP contribution is 2.27. The summed E-state index contributed by atoms with van der Waals surface area (Å²) in [7, 11) is 5.84. The van der Waals surface area contributed by atoms with Gasteiger partial charge in [-0.1, -0.05) is 30.9 Å². The Balaban J connectivity index is 1.86. The Labute approximate surface area is 218 Å². The fourth-order valence-corrected chi connectivity index (χ4v) is 4.12. The fraction of sp³-hybridized carbons (Fsp3) is 0.464. The Morgan fingerprint density at radius 3 is 2.59 bits per heavy atom. The van der Waals surface area contributed by atoms with E-state index in [-0.39, 0.29) is 42.0 Å². The van der Waals surface area contributed by atoms with Crippen LogP contribution >= 0.6 is 0 Å². The highest BCUT2D eigenvalue weighted by molar-refractivity contribution is 5.97. The molecule has 0 fully saturated rings. The average Bonchev–Trinajstić information content (AvgIpc) is 2.86. The van der Waals surface area contributed by atoms with Gasteiger partial charge in [0.1, 0.15) is 11.7 Å². The number of carbonyl (C=O) groups excluding carboxylic acids is 1. The van der Waals surface area contributed by atoms with E-state index >= 15 is 0 Å². The number of carboxylic acid groups (broad SMARTS) is 1. The normalized spacial score (nSPS) is 18.4. The lowest BCUT2D eigenvalue weighted by atomic mass is 9.99. The Morgan fingerprint density at radius 2 is 1.97 bits per heavy atom. The zero-order valence-electron chi connectivity index (χ0n) is 22.1. The van der Waals surface area contributed by atoms with E-state index in [2.05, 4.69) is 21.7 Å². The molecule has 9 nitrogen and oxygen atoms in total. The molecule has 1 amide bonds. The van der Waals surface area contributed by atoms with Gasteiger partial charge in [-0.2, -0.15) is 0 Å². The molecule has 0 saturated heterocycles. The Hall–Kier alpha value is -3.45. The standard InChI is InChI=1S/C28H36N4O5/c1-19-15-32(20(2)18-33)27(34)24-13-22(7-6-12-30(3)4)14-29-26(24)37-25(19)17-31(5)16-21-8-10-23(11-9-21)28(35)36/h8-11,13-14,19-20,25,33H,12,15-18H2,1-5H3,(H,35,36)/t19-,20+,25+/m1/s1. The number of aromatic carboxylic acids is 1. The molecule has 1 aromatic heterocycles. The van der Waals surface area contributed by atoms with Crippen molar-refractivity contribution in [1.29, 1.82) is 0 Å². The van der Waals surface area contributed by atoms with Gasteiger partial charge in [-0.15, -0.1) is 0 Å². The third-order valence-corrected chi connectivity index (χ3v) is 6.29. The number of nitrogens with zero attached hydrogens (tertiary/aromatic N) is 4. The summed E-state index contributed by atoms with van der Waals surface area (Å²) in [4.78, 5) is 34.8. The molecule has 0 saturated carbocycles. The molecule has 1 aliphatic heterocycles. The van der Waals surface area contributed by atoms with Gasteiger partial charge in [0, 0.05) is 37.3 Å². The number of carboxylic acids is 1. The second-order valence-corrected chi connectivity index (χ2v) is 9.94. The molecule has 1 aliphatic rings. The van der Waals surface area contributed by atoms with Crippen LogP contribution in [0.4, 0.5) is 0 Å². The third kappa shape index (κ3) is 7.52. The number of benzene rings is 1. The van der Waals surface area contributed by atoms with Crippen LogP contribution in [0, 0.1) is 17.8 Å². The van der Waals surface area contributed by atoms with Gasteiger partial charge >= 0.3 is 5.97 Å². The summed E-state index contributed by atoms with van der Waals surface area (Å²) in [6, 6.07) is 8.16. The fourth-order valence-electron chi connectivity index (χ4n) is 4.12. The SMILES string of the molecule is C[C@@H]1CN([C@@H](C)CO)C(=O)c2cc(C#CCN(C)C)cnc2O[C@H]1CN(C)Cc1ccc(C(=O)O)cc1. The number of aliphatic hydroxyl groups is 1. The Morgan fingerprint density at radius 1 is 1.27 bits per heavy atom. The largest absolute Gasteiger partial charge is 0.478 e. The number of aromatic nitrogens is 1. The minimum absolute atomic E-state index is 0.0377. The quantitative estimate of drug-likeness (QED) is 0.522. The molecule has 0 spiro atoms. The van der Waals surface area contributed by atoms with Crippen molar-refractivity contribution in [1.82, 2.24) is 19.7 Å². The van der Waals surface area contributed by atoms with Crippen molar-refractivity contribution < 1.29 is 24.5 Å². The maximum Gasteiger partial charge on any atom is 0.335 e. The van der Waals surface area contributed by atoms with Crippen molar-refractivity contribution in [2.45, 2.75) is 32.5 Å². The summed E-state index contributed by atoms with van der Waals surface area (Å²) in [5, 5.41) is 19.0. The highest BCUT2D eigenvalue weighted by atomic mass is 16.5. The molecule has 2 N–H and O–H groups in total. The lowest BCUT2D eigenvalue weighted by molar-refractivity contribution is 0.0325. The smallest absolute Gasteiger partial charge is 0.335 e. The predicted molar refractivity (Wildman–Crippen MR) is 141 cm³/mol. The molecular formula is C28H36N4O5. The lowest BCUT2D eigenvalue weighted by Crippen LogP contribution is -2.49. The van der Waals surface area contributed by atoms with E-state index in [1.807, 2.05) is 39.9 Å². The second kappa shape index (κ2) is 12.7. The van der Waals surface area contributed by atoms with Crippen molar-refractivity contribution in [3.63, 3.8) is 0 Å². The van der Waals surface area contributed by atoms with E-state index in [9.17, 15) is 14.7 Å². The zero-order chi connectivity index (χ0) is 27.1. The van der Waals surface area contributed by atoms with Gasteiger partial charge in [-0.25, -0.2) is 9.78 Å². The molecule has 0 bridgehead atoms. The maximum absolute atomic E-state index is 13.5. The number of hydrogen-bond donors (Lipinski definition) is 2. The Bertz CT molecular complexity index is 1160. The molecular weight excluding hydrogens is 472 g/mol. The van der Waals surface area contributed by atoms with Crippen LogP contribution in [-0.2, 0) is 6.54 Å². The van der Waals surface area contributed by atoms with Crippen LogP contribution in [0.3, 0.4) is 0 Å². The number of carbonyl (C=O) groups is 2. The van der Waals surface area contributed by atoms with Gasteiger partial charge in [-0.3, -0.25) is 14.6 Å². The summed E-state index contributed by atoms with van der Waals surface area (Å²) in [5.74, 6) is 5.15. The maximum atomic E-state index is 13.5. The first-order valence-corrected chi connectivity index (χ1v) is 12.3. The minimum atomic E-state index is -0.953. The van der Waals surface area contributed by atoms with Crippen molar-refractivity contribution in [3.05, 3.63) is 58.8 Å². The number of rotatable bonds is 8. The van der Waals surface area contributed by atoms with Crippen LogP contribution in [0.25, 0.3) is 0 Å². The molecule has 37 heavy (non-hydrogen) atoms. The van der Waals surface area contributed by atoms with Crippen LogP contribution in [0.15, 0.2) is 36.5 Å². The number of aliphatic hydroxyl groups excluding tert-OH is 1. The average molecular weight is 509 g/mol. The van der Waals surface area contributed by atoms with Gasteiger partial charge in [0.2, 0.25) is 5.88 Å². The molecule has 2 aromatic rings. The van der Waals surface area contributed by atoms with Crippen LogP contribution in [-0.4, -0.2) is 101 Å². The number of hydrogen-bond acceptors (Lipinski definition) is 7. The number of ether oxygens (including phenoxy) is 1. The number of likely N-dealkylation sites (N-methyl/N-ethyl adjacent to an activating group) is 1. The molecule has 3 atom stereocenters. The van der Waals surface area contributed by atoms with Crippen LogP contribution in [0.1, 0.15) is 45.7 Å². The van der Waals surface area contributed by atoms with Gasteiger partial charge in [0.05, 0.1) is 24.8 Å². The van der Waals surface area contributed by atoms with Crippen molar-refractivity contribution in [2.75, 3.05) is 47.4 Å². The van der Waals surface area contributed by atoms with E-state index in [0.717, 1.165) is 5.56 Å². The molecule has 3 rings (SSSR count). The zero-order valence-corrected chi connectivity index (χ0v) is 22.1. The van der Waals surface area contributed by atoms with Crippen molar-refractivity contribution >= 4 is 11.9 Å². The topological polar surface area (TPSA) is 106 Å². The van der Waals surface area contributed by atoms with Crippen molar-refractivity contribution in [2.24, 2.45) is 5.92 Å². The first-order valence-electron chi connectivity index (χ1n) is 12.3. The van der Waals surface area contributed by atoms with E-state index in [1.165, 1.54) is 0 Å². The summed E-state index contributed by atoms with van der Waals surface area (Å²) < 4.78 is 6.34. The van der Waals surface area contributed by atoms with Gasteiger partial charge in [0.15, 0.2) is 0 Å². The Kier molecular flexibility index (Phi) is 9.64. The molecule has 0 unspecified atom stereocenters. The summed E-state index contributed by atoms with van der Waals surface area (Å²) >= 11 is 0. The van der Waals surface area contributed by atoms with Crippen LogP contribution < -0.4 is 4.74 Å². The first kappa shape index (κ1) is 28.1. The summed E-state index contributed by atoms with van der Waals surface area (Å²) in [6.45, 7) is 5.86. The molecule has 198 valence electrons. The van der Waals surface area contributed by atoms with E-state index < -0.39 is 5.97 Å². The predicted octanol–water partition coefficient (Wildman–Crippen LogP) is 2.04. The van der Waals surface area contributed by atoms with Crippen molar-refractivity contribution in [3.8, 4) is 17.7 Å². The number of amides is 1. The third-order valence-electron chi connectivity index (χ3n) is 6.29. The molecule has 2 heterocycles. The summed E-state index contributed by atoms with van der Waals surface area (Å²) in [6.07, 6.45) is 1.34. The second-order valence-electron chi connectivity index (χ2n) is 9.94. The molecule has 0 radical (unpaired) electrons. The highest BCUT2D eigenvalue weighted by Gasteiger charge is 2.34. The molecule has 1 aromatic carbocycles. The molecule has 9 heteroatoms. The van der Waals surface area contributed by atoms with E-state index in [4.69, 9.17) is 9.84 Å². The van der Waals surface area contributed by atoms with Crippen LogP contribution in [0.2, 0.25) is 0 Å². The number of fused-ring (bicyclic) bond motifs is 1. The first-order chi connectivity index (χ1) is 17.6.